The number of rotatable bonds is 8. The molecule has 0 saturated carbocycles. The number of hydrogen-bond acceptors (Lipinski definition) is 3. The van der Waals surface area contributed by atoms with Gasteiger partial charge in [0.1, 0.15) is 0 Å². The second-order valence-corrected chi connectivity index (χ2v) is 5.37. The van der Waals surface area contributed by atoms with Crippen molar-refractivity contribution < 1.29 is 14.7 Å². The maximum Gasteiger partial charge on any atom is 0.335 e. The van der Waals surface area contributed by atoms with E-state index in [4.69, 9.17) is 5.11 Å². The molecule has 1 amide bonds. The highest BCUT2D eigenvalue weighted by atomic mass is 32.2. The van der Waals surface area contributed by atoms with Crippen LogP contribution in [0.25, 0.3) is 0 Å². The van der Waals surface area contributed by atoms with E-state index in [9.17, 15) is 9.59 Å². The Hall–Kier alpha value is -1.49. The number of hydrogen-bond donors (Lipinski definition) is 2. The van der Waals surface area contributed by atoms with Gasteiger partial charge >= 0.3 is 5.97 Å². The zero-order valence-corrected chi connectivity index (χ0v) is 11.8. The summed E-state index contributed by atoms with van der Waals surface area (Å²) >= 11 is 1.77. The first-order chi connectivity index (χ1) is 9.13. The van der Waals surface area contributed by atoms with Gasteiger partial charge in [-0.05, 0) is 30.4 Å². The molecule has 0 saturated heterocycles. The van der Waals surface area contributed by atoms with E-state index in [2.05, 4.69) is 12.2 Å². The van der Waals surface area contributed by atoms with Gasteiger partial charge < -0.3 is 10.4 Å². The van der Waals surface area contributed by atoms with Gasteiger partial charge in [-0.15, -0.1) is 0 Å². The number of unbranched alkanes of at least 4 members (excludes halogenated alkanes) is 1. The third kappa shape index (κ3) is 6.29. The second-order valence-electron chi connectivity index (χ2n) is 4.15. The molecule has 0 radical (unpaired) electrons. The van der Waals surface area contributed by atoms with Crippen LogP contribution < -0.4 is 5.32 Å². The van der Waals surface area contributed by atoms with Gasteiger partial charge in [-0.3, -0.25) is 4.79 Å². The summed E-state index contributed by atoms with van der Waals surface area (Å²) in [4.78, 5) is 22.4. The minimum atomic E-state index is -0.994. The summed E-state index contributed by atoms with van der Waals surface area (Å²) in [5.41, 5.74) is 0.707. The molecule has 0 aliphatic rings. The van der Waals surface area contributed by atoms with Crippen LogP contribution in [-0.2, 0) is 4.79 Å². The fourth-order valence-electron chi connectivity index (χ4n) is 1.47. The predicted octanol–water partition coefficient (Wildman–Crippen LogP) is 3.25. The lowest BCUT2D eigenvalue weighted by Crippen LogP contribution is -2.12. The summed E-state index contributed by atoms with van der Waals surface area (Å²) in [5, 5.41) is 11.6. The molecule has 0 unspecified atom stereocenters. The molecule has 19 heavy (non-hydrogen) atoms. The van der Waals surface area contributed by atoms with Crippen LogP contribution in [0.15, 0.2) is 24.3 Å². The molecule has 0 heterocycles. The minimum absolute atomic E-state index is 0.0773. The maximum absolute atomic E-state index is 11.7. The van der Waals surface area contributed by atoms with Gasteiger partial charge in [-0.1, -0.05) is 19.4 Å². The normalized spacial score (nSPS) is 10.2. The first-order valence-electron chi connectivity index (χ1n) is 6.34. The number of anilines is 1. The lowest BCUT2D eigenvalue weighted by molar-refractivity contribution is -0.115. The number of carboxylic acids is 1. The summed E-state index contributed by atoms with van der Waals surface area (Å²) in [6.07, 6.45) is 2.79. The highest BCUT2D eigenvalue weighted by Crippen LogP contribution is 2.12. The fourth-order valence-corrected chi connectivity index (χ4v) is 2.49. The van der Waals surface area contributed by atoms with E-state index in [1.54, 1.807) is 23.9 Å². The standard InChI is InChI=1S/C14H19NO3S/c1-2-3-8-19-9-7-13(16)15-12-6-4-5-11(10-12)14(17)18/h4-6,10H,2-3,7-9H2,1H3,(H,15,16)(H,17,18). The number of carbonyl (C=O) groups is 2. The SMILES string of the molecule is CCCCSCCC(=O)Nc1cccc(C(=O)O)c1. The van der Waals surface area contributed by atoms with E-state index in [0.717, 1.165) is 11.5 Å². The minimum Gasteiger partial charge on any atom is -0.478 e. The Bertz CT molecular complexity index is 434. The van der Waals surface area contributed by atoms with Crippen molar-refractivity contribution in [2.45, 2.75) is 26.2 Å². The molecule has 5 heteroatoms. The van der Waals surface area contributed by atoms with E-state index in [-0.39, 0.29) is 11.5 Å². The van der Waals surface area contributed by atoms with Gasteiger partial charge in [0.15, 0.2) is 0 Å². The van der Waals surface area contributed by atoms with Crippen molar-refractivity contribution >= 4 is 29.3 Å². The number of benzene rings is 1. The maximum atomic E-state index is 11.7. The summed E-state index contributed by atoms with van der Waals surface area (Å²) < 4.78 is 0. The van der Waals surface area contributed by atoms with Crippen LogP contribution in [-0.4, -0.2) is 28.5 Å². The molecule has 1 aromatic rings. The number of thioether (sulfide) groups is 1. The van der Waals surface area contributed by atoms with E-state index >= 15 is 0 Å². The molecule has 0 fully saturated rings. The highest BCUT2D eigenvalue weighted by Gasteiger charge is 2.06. The molecule has 0 spiro atoms. The van der Waals surface area contributed by atoms with E-state index < -0.39 is 5.97 Å². The van der Waals surface area contributed by atoms with Crippen molar-refractivity contribution in [1.82, 2.24) is 0 Å². The Morgan fingerprint density at radius 1 is 1.32 bits per heavy atom. The van der Waals surface area contributed by atoms with Crippen LogP contribution in [0.3, 0.4) is 0 Å². The first kappa shape index (κ1) is 15.6. The summed E-state index contributed by atoms with van der Waals surface area (Å²) in [6, 6.07) is 6.27. The second kappa shape index (κ2) is 8.58. The fraction of sp³-hybridized carbons (Fsp3) is 0.429. The van der Waals surface area contributed by atoms with Crippen molar-refractivity contribution in [1.29, 1.82) is 0 Å². The average Bonchev–Trinajstić information content (AvgIpc) is 2.38. The Morgan fingerprint density at radius 2 is 2.11 bits per heavy atom. The Balaban J connectivity index is 2.35. The molecular formula is C14H19NO3S. The van der Waals surface area contributed by atoms with Crippen molar-refractivity contribution in [3.63, 3.8) is 0 Å². The lowest BCUT2D eigenvalue weighted by Gasteiger charge is -2.06. The molecular weight excluding hydrogens is 262 g/mol. The van der Waals surface area contributed by atoms with Crippen LogP contribution in [0, 0.1) is 0 Å². The molecule has 0 bridgehead atoms. The third-order valence-corrected chi connectivity index (χ3v) is 3.58. The monoisotopic (exact) mass is 281 g/mol. The van der Waals surface area contributed by atoms with Crippen molar-refractivity contribution in [2.75, 3.05) is 16.8 Å². The van der Waals surface area contributed by atoms with E-state index in [0.29, 0.717) is 12.1 Å². The van der Waals surface area contributed by atoms with Gasteiger partial charge in [0.05, 0.1) is 5.56 Å². The highest BCUT2D eigenvalue weighted by molar-refractivity contribution is 7.99. The van der Waals surface area contributed by atoms with E-state index in [1.807, 2.05) is 0 Å². The van der Waals surface area contributed by atoms with Crippen LogP contribution in [0.2, 0.25) is 0 Å². The Labute approximate surface area is 117 Å². The number of nitrogens with one attached hydrogen (secondary N) is 1. The summed E-state index contributed by atoms with van der Waals surface area (Å²) in [7, 11) is 0. The molecule has 1 aromatic carbocycles. The molecule has 0 aliphatic heterocycles. The third-order valence-electron chi connectivity index (χ3n) is 2.51. The quantitative estimate of drug-likeness (QED) is 0.718. The zero-order valence-electron chi connectivity index (χ0n) is 11.0. The molecule has 1 rings (SSSR count). The molecule has 0 aromatic heterocycles. The van der Waals surface area contributed by atoms with Gasteiger partial charge in [0.2, 0.25) is 5.91 Å². The molecule has 0 aliphatic carbocycles. The van der Waals surface area contributed by atoms with Gasteiger partial charge in [0.25, 0.3) is 0 Å². The lowest BCUT2D eigenvalue weighted by atomic mass is 10.2. The van der Waals surface area contributed by atoms with Crippen molar-refractivity contribution in [3.05, 3.63) is 29.8 Å². The summed E-state index contributed by atoms with van der Waals surface area (Å²) in [5.74, 6) is 0.806. The van der Waals surface area contributed by atoms with Crippen LogP contribution >= 0.6 is 11.8 Å². The zero-order chi connectivity index (χ0) is 14.1. The van der Waals surface area contributed by atoms with Gasteiger partial charge in [-0.25, -0.2) is 4.79 Å². The first-order valence-corrected chi connectivity index (χ1v) is 7.50. The van der Waals surface area contributed by atoms with Gasteiger partial charge in [0, 0.05) is 17.9 Å². The molecule has 0 atom stereocenters. The average molecular weight is 281 g/mol. The van der Waals surface area contributed by atoms with Gasteiger partial charge in [-0.2, -0.15) is 11.8 Å². The molecule has 2 N–H and O–H groups in total. The Morgan fingerprint density at radius 3 is 2.79 bits per heavy atom. The number of carboxylic acid groups (broad SMARTS) is 1. The molecule has 4 nitrogen and oxygen atoms in total. The number of carbonyl (C=O) groups excluding carboxylic acids is 1. The van der Waals surface area contributed by atoms with Crippen LogP contribution in [0.5, 0.6) is 0 Å². The van der Waals surface area contributed by atoms with Crippen molar-refractivity contribution in [2.24, 2.45) is 0 Å². The predicted molar refractivity (Wildman–Crippen MR) is 78.9 cm³/mol. The topological polar surface area (TPSA) is 66.4 Å². The molecule has 104 valence electrons. The van der Waals surface area contributed by atoms with Crippen LogP contribution in [0.4, 0.5) is 5.69 Å². The van der Waals surface area contributed by atoms with E-state index in [1.165, 1.54) is 25.0 Å². The Kier molecular flexibility index (Phi) is 7.03. The van der Waals surface area contributed by atoms with Crippen molar-refractivity contribution in [3.8, 4) is 0 Å². The number of aromatic carboxylic acids is 1. The van der Waals surface area contributed by atoms with Crippen LogP contribution in [0.1, 0.15) is 36.5 Å². The number of amides is 1. The largest absolute Gasteiger partial charge is 0.478 e. The smallest absolute Gasteiger partial charge is 0.335 e. The summed E-state index contributed by atoms with van der Waals surface area (Å²) in [6.45, 7) is 2.14.